The first-order valence-electron chi connectivity index (χ1n) is 11.8. The van der Waals surface area contributed by atoms with E-state index in [4.69, 9.17) is 14.5 Å². The van der Waals surface area contributed by atoms with Crippen molar-refractivity contribution in [2.75, 3.05) is 26.1 Å². The Morgan fingerprint density at radius 2 is 1.81 bits per heavy atom. The van der Waals surface area contributed by atoms with E-state index in [9.17, 15) is 13.0 Å². The van der Waals surface area contributed by atoms with Crippen LogP contribution < -0.4 is 10.1 Å². The van der Waals surface area contributed by atoms with E-state index in [-0.39, 0.29) is 11.4 Å². The molecule has 0 atom stereocenters. The number of hydrogen-bond donors (Lipinski definition) is 2. The van der Waals surface area contributed by atoms with Crippen LogP contribution in [0.1, 0.15) is 30.9 Å². The van der Waals surface area contributed by atoms with Gasteiger partial charge in [-0.1, -0.05) is 50.2 Å². The van der Waals surface area contributed by atoms with Gasteiger partial charge in [-0.05, 0) is 51.2 Å². The molecule has 3 aromatic carbocycles. The highest BCUT2D eigenvalue weighted by Gasteiger charge is 2.22. The SMILES string of the molecule is COCCn1c(-c2ccc(C(C)C)cc2)nc2c(Br)c(CNc3ccccc3S(=O)(=O)O)cc(OC)c21. The minimum Gasteiger partial charge on any atom is -0.494 e. The van der Waals surface area contributed by atoms with E-state index in [1.165, 1.54) is 11.6 Å². The lowest BCUT2D eigenvalue weighted by Crippen LogP contribution is -2.08. The lowest BCUT2D eigenvalue weighted by Gasteiger charge is -2.15. The summed E-state index contributed by atoms with van der Waals surface area (Å²) in [5.74, 6) is 1.85. The molecule has 0 saturated carbocycles. The van der Waals surface area contributed by atoms with E-state index in [1.54, 1.807) is 32.4 Å². The average Bonchev–Trinajstić information content (AvgIpc) is 3.26. The van der Waals surface area contributed by atoms with Crippen LogP contribution in [-0.2, 0) is 27.9 Å². The normalized spacial score (nSPS) is 11.9. The van der Waals surface area contributed by atoms with Crippen molar-refractivity contribution < 1.29 is 22.4 Å². The number of rotatable bonds is 10. The van der Waals surface area contributed by atoms with Gasteiger partial charge in [0.1, 0.15) is 27.5 Å². The van der Waals surface area contributed by atoms with Crippen LogP contribution in [0.4, 0.5) is 5.69 Å². The van der Waals surface area contributed by atoms with E-state index in [0.29, 0.717) is 30.5 Å². The number of aromatic nitrogens is 2. The zero-order chi connectivity index (χ0) is 26.7. The second-order valence-electron chi connectivity index (χ2n) is 8.93. The van der Waals surface area contributed by atoms with Gasteiger partial charge in [0, 0.05) is 25.8 Å². The predicted octanol–water partition coefficient (Wildman–Crippen LogP) is 6.10. The molecule has 10 heteroatoms. The third-order valence-electron chi connectivity index (χ3n) is 6.20. The number of hydrogen-bond acceptors (Lipinski definition) is 6. The van der Waals surface area contributed by atoms with Crippen LogP contribution in [0.2, 0.25) is 0 Å². The number of para-hydroxylation sites is 1. The highest BCUT2D eigenvalue weighted by molar-refractivity contribution is 9.10. The molecular weight excluding hydrogens is 558 g/mol. The molecule has 0 fully saturated rings. The summed E-state index contributed by atoms with van der Waals surface area (Å²) in [6, 6.07) is 16.5. The van der Waals surface area contributed by atoms with Crippen molar-refractivity contribution in [3.8, 4) is 17.1 Å². The molecule has 0 spiro atoms. The van der Waals surface area contributed by atoms with Crippen LogP contribution in [0, 0.1) is 0 Å². The van der Waals surface area contributed by atoms with Gasteiger partial charge >= 0.3 is 0 Å². The molecule has 0 aliphatic rings. The van der Waals surface area contributed by atoms with E-state index in [1.807, 2.05) is 6.07 Å². The molecule has 0 unspecified atom stereocenters. The van der Waals surface area contributed by atoms with E-state index >= 15 is 0 Å². The number of fused-ring (bicyclic) bond motifs is 1. The fourth-order valence-corrected chi connectivity index (χ4v) is 5.45. The van der Waals surface area contributed by atoms with Gasteiger partial charge in [0.15, 0.2) is 0 Å². The Balaban J connectivity index is 1.81. The van der Waals surface area contributed by atoms with Crippen LogP contribution in [0.15, 0.2) is 64.0 Å². The molecule has 1 heterocycles. The minimum absolute atomic E-state index is 0.185. The average molecular weight is 589 g/mol. The Bertz CT molecular complexity index is 1520. The first kappa shape index (κ1) is 27.1. The van der Waals surface area contributed by atoms with Crippen molar-refractivity contribution in [2.45, 2.75) is 37.8 Å². The summed E-state index contributed by atoms with van der Waals surface area (Å²) in [5, 5.41) is 3.12. The van der Waals surface area contributed by atoms with Gasteiger partial charge in [-0.25, -0.2) is 4.98 Å². The molecule has 37 heavy (non-hydrogen) atoms. The highest BCUT2D eigenvalue weighted by atomic mass is 79.9. The third-order valence-corrected chi connectivity index (χ3v) is 8.00. The molecular formula is C27H30BrN3O5S. The van der Waals surface area contributed by atoms with Gasteiger partial charge in [-0.15, -0.1) is 0 Å². The third kappa shape index (κ3) is 5.67. The Morgan fingerprint density at radius 1 is 1.11 bits per heavy atom. The fourth-order valence-electron chi connectivity index (χ4n) is 4.25. The van der Waals surface area contributed by atoms with Crippen LogP contribution in [-0.4, -0.2) is 43.3 Å². The monoisotopic (exact) mass is 587 g/mol. The van der Waals surface area contributed by atoms with Crippen LogP contribution >= 0.6 is 15.9 Å². The zero-order valence-corrected chi connectivity index (χ0v) is 23.6. The highest BCUT2D eigenvalue weighted by Crippen LogP contribution is 2.38. The van der Waals surface area contributed by atoms with E-state index in [2.05, 4.69) is 63.9 Å². The lowest BCUT2D eigenvalue weighted by atomic mass is 10.0. The topological polar surface area (TPSA) is 103 Å². The van der Waals surface area contributed by atoms with Crippen molar-refractivity contribution in [3.05, 3.63) is 70.2 Å². The van der Waals surface area contributed by atoms with Crippen LogP contribution in [0.25, 0.3) is 22.4 Å². The molecule has 0 amide bonds. The molecule has 0 aliphatic heterocycles. The van der Waals surface area contributed by atoms with Crippen molar-refractivity contribution in [3.63, 3.8) is 0 Å². The van der Waals surface area contributed by atoms with Gasteiger partial charge in [0.05, 0.1) is 23.9 Å². The Morgan fingerprint density at radius 3 is 2.43 bits per heavy atom. The molecule has 1 aromatic heterocycles. The molecule has 4 rings (SSSR count). The molecule has 0 saturated heterocycles. The number of nitrogens with zero attached hydrogens (tertiary/aromatic N) is 2. The Hall–Kier alpha value is -2.92. The van der Waals surface area contributed by atoms with Crippen molar-refractivity contribution >= 4 is 42.8 Å². The molecule has 8 nitrogen and oxygen atoms in total. The first-order valence-corrected chi connectivity index (χ1v) is 14.0. The number of nitrogens with one attached hydrogen (secondary N) is 1. The van der Waals surface area contributed by atoms with Gasteiger partial charge < -0.3 is 19.4 Å². The first-order chi connectivity index (χ1) is 17.7. The van der Waals surface area contributed by atoms with Gasteiger partial charge in [-0.2, -0.15) is 8.42 Å². The summed E-state index contributed by atoms with van der Waals surface area (Å²) in [6.07, 6.45) is 0. The maximum absolute atomic E-state index is 11.8. The summed E-state index contributed by atoms with van der Waals surface area (Å²) in [6.45, 7) is 5.67. The summed E-state index contributed by atoms with van der Waals surface area (Å²) in [4.78, 5) is 4.82. The number of ether oxygens (including phenoxy) is 2. The molecule has 4 aromatic rings. The van der Waals surface area contributed by atoms with Crippen LogP contribution in [0.5, 0.6) is 5.75 Å². The molecule has 0 aliphatic carbocycles. The van der Waals surface area contributed by atoms with Gasteiger partial charge in [-0.3, -0.25) is 4.55 Å². The lowest BCUT2D eigenvalue weighted by molar-refractivity contribution is 0.188. The largest absolute Gasteiger partial charge is 0.494 e. The maximum atomic E-state index is 11.8. The Labute approximate surface area is 225 Å². The number of imidazole rings is 1. The fraction of sp³-hybridized carbons (Fsp3) is 0.296. The predicted molar refractivity (Wildman–Crippen MR) is 149 cm³/mol. The van der Waals surface area contributed by atoms with Crippen molar-refractivity contribution in [2.24, 2.45) is 0 Å². The Kier molecular flexibility index (Phi) is 8.23. The smallest absolute Gasteiger partial charge is 0.296 e. The summed E-state index contributed by atoms with van der Waals surface area (Å²) in [7, 11) is -1.10. The molecule has 0 bridgehead atoms. The van der Waals surface area contributed by atoms with Crippen LogP contribution in [0.3, 0.4) is 0 Å². The summed E-state index contributed by atoms with van der Waals surface area (Å²) >= 11 is 3.73. The molecule has 196 valence electrons. The summed E-state index contributed by atoms with van der Waals surface area (Å²) < 4.78 is 47.2. The number of halogens is 1. The van der Waals surface area contributed by atoms with Crippen molar-refractivity contribution in [1.82, 2.24) is 9.55 Å². The minimum atomic E-state index is -4.37. The second-order valence-corrected chi connectivity index (χ2v) is 11.1. The number of anilines is 1. The molecule has 0 radical (unpaired) electrons. The van der Waals surface area contributed by atoms with Crippen molar-refractivity contribution in [1.29, 1.82) is 0 Å². The van der Waals surface area contributed by atoms with Gasteiger partial charge in [0.25, 0.3) is 10.1 Å². The second kappa shape index (κ2) is 11.2. The van der Waals surface area contributed by atoms with E-state index < -0.39 is 10.1 Å². The zero-order valence-electron chi connectivity index (χ0n) is 21.2. The maximum Gasteiger partial charge on any atom is 0.296 e. The standard InChI is InChI=1S/C27H30BrN3O5S/c1-17(2)18-9-11-19(12-10-18)27-30-25-24(28)20(15-22(36-4)26(25)31(27)13-14-35-3)16-29-21-7-5-6-8-23(21)37(32,33)34/h5-12,15,17,29H,13-14,16H2,1-4H3,(H,32,33,34). The summed E-state index contributed by atoms with van der Waals surface area (Å²) in [5.41, 5.74) is 4.89. The number of benzene rings is 3. The van der Waals surface area contributed by atoms with E-state index in [0.717, 1.165) is 32.5 Å². The number of methoxy groups -OCH3 is 2. The quantitative estimate of drug-likeness (QED) is 0.216. The van der Waals surface area contributed by atoms with Gasteiger partial charge in [0.2, 0.25) is 0 Å². The molecule has 2 N–H and O–H groups in total.